The molecular weight excluding hydrogens is 343 g/mol. The maximum Gasteiger partial charge on any atom is 0.223 e. The molecule has 1 N–H and O–H groups in total. The molecule has 3 fully saturated rings. The van der Waals surface area contributed by atoms with Gasteiger partial charge in [-0.25, -0.2) is 4.39 Å². The lowest BCUT2D eigenvalue weighted by Gasteiger charge is -2.35. The number of carbonyl (C=O) groups is 1. The minimum Gasteiger partial charge on any atom is -0.370 e. The van der Waals surface area contributed by atoms with Crippen LogP contribution in [-0.4, -0.2) is 42.6 Å². The van der Waals surface area contributed by atoms with Crippen molar-refractivity contribution in [2.75, 3.05) is 19.7 Å². The summed E-state index contributed by atoms with van der Waals surface area (Å²) in [6.07, 6.45) is 5.30. The molecule has 3 unspecified atom stereocenters. The van der Waals surface area contributed by atoms with Gasteiger partial charge in [0.25, 0.3) is 0 Å². The molecule has 25 heavy (non-hydrogen) atoms. The second-order valence-corrected chi connectivity index (χ2v) is 7.43. The number of benzene rings is 1. The van der Waals surface area contributed by atoms with Crippen molar-refractivity contribution in [3.8, 4) is 0 Å². The molecule has 6 heteroatoms. The average Bonchev–Trinajstić information content (AvgIpc) is 2.94. The average molecular weight is 369 g/mol. The molecule has 3 aliphatic rings. The van der Waals surface area contributed by atoms with Gasteiger partial charge in [0.15, 0.2) is 0 Å². The molecule has 3 saturated heterocycles. The van der Waals surface area contributed by atoms with Crippen molar-refractivity contribution in [1.29, 1.82) is 0 Å². The normalized spacial score (nSPS) is 31.5. The summed E-state index contributed by atoms with van der Waals surface area (Å²) < 4.78 is 18.9. The lowest BCUT2D eigenvalue weighted by Crippen LogP contribution is -2.44. The quantitative estimate of drug-likeness (QED) is 0.891. The Labute approximate surface area is 154 Å². The predicted octanol–water partition coefficient (Wildman–Crippen LogP) is 3.07. The number of rotatable bonds is 3. The first kappa shape index (κ1) is 18.6. The number of morpholine rings is 1. The summed E-state index contributed by atoms with van der Waals surface area (Å²) in [4.78, 5) is 14.7. The van der Waals surface area contributed by atoms with Gasteiger partial charge in [-0.05, 0) is 49.3 Å². The fourth-order valence-electron chi connectivity index (χ4n) is 4.47. The maximum absolute atomic E-state index is 13.1. The lowest BCUT2D eigenvalue weighted by molar-refractivity contribution is -0.140. The summed E-state index contributed by atoms with van der Waals surface area (Å²) in [7, 11) is 0. The molecule has 138 valence electrons. The zero-order valence-electron chi connectivity index (χ0n) is 14.3. The van der Waals surface area contributed by atoms with Gasteiger partial charge in [0, 0.05) is 25.0 Å². The molecule has 1 aromatic carbocycles. The summed E-state index contributed by atoms with van der Waals surface area (Å²) in [6.45, 7) is 1.78. The number of amides is 1. The molecule has 0 aliphatic carbocycles. The molecular formula is C19H26ClFN2O2. The van der Waals surface area contributed by atoms with Gasteiger partial charge in [-0.15, -0.1) is 12.4 Å². The fourth-order valence-corrected chi connectivity index (χ4v) is 4.47. The molecule has 0 radical (unpaired) electrons. The third-order valence-corrected chi connectivity index (χ3v) is 5.69. The largest absolute Gasteiger partial charge is 0.370 e. The van der Waals surface area contributed by atoms with Crippen LogP contribution in [0.1, 0.15) is 43.8 Å². The van der Waals surface area contributed by atoms with Crippen LogP contribution in [-0.2, 0) is 9.53 Å². The third kappa shape index (κ3) is 4.33. The molecule has 0 saturated carbocycles. The van der Waals surface area contributed by atoms with Crippen molar-refractivity contribution < 1.29 is 13.9 Å². The molecule has 2 bridgehead atoms. The number of hydrogen-bond acceptors (Lipinski definition) is 3. The highest BCUT2D eigenvalue weighted by Gasteiger charge is 2.35. The Morgan fingerprint density at radius 1 is 1.20 bits per heavy atom. The lowest BCUT2D eigenvalue weighted by atomic mass is 9.89. The van der Waals surface area contributed by atoms with Crippen molar-refractivity contribution >= 4 is 18.3 Å². The second kappa shape index (κ2) is 8.02. The van der Waals surface area contributed by atoms with E-state index in [1.165, 1.54) is 25.0 Å². The first-order valence-corrected chi connectivity index (χ1v) is 9.08. The van der Waals surface area contributed by atoms with Crippen LogP contribution in [0.4, 0.5) is 4.39 Å². The summed E-state index contributed by atoms with van der Waals surface area (Å²) >= 11 is 0. The minimum absolute atomic E-state index is 0. The van der Waals surface area contributed by atoms with Crippen LogP contribution in [0.15, 0.2) is 24.3 Å². The highest BCUT2D eigenvalue weighted by Crippen LogP contribution is 2.33. The zero-order chi connectivity index (χ0) is 16.5. The summed E-state index contributed by atoms with van der Waals surface area (Å²) in [6, 6.07) is 7.64. The molecule has 3 aliphatic heterocycles. The van der Waals surface area contributed by atoms with Gasteiger partial charge in [0.05, 0.1) is 13.2 Å². The minimum atomic E-state index is -0.247. The molecule has 4 nitrogen and oxygen atoms in total. The smallest absolute Gasteiger partial charge is 0.223 e. The van der Waals surface area contributed by atoms with Gasteiger partial charge in [-0.1, -0.05) is 12.1 Å². The number of carbonyl (C=O) groups excluding carboxylic acids is 1. The fraction of sp³-hybridized carbons (Fsp3) is 0.632. The molecule has 3 atom stereocenters. The Hall–Kier alpha value is -1.17. The van der Waals surface area contributed by atoms with Crippen LogP contribution >= 0.6 is 12.4 Å². The van der Waals surface area contributed by atoms with E-state index in [1.54, 1.807) is 12.1 Å². The van der Waals surface area contributed by atoms with E-state index in [0.29, 0.717) is 44.1 Å². The molecule has 1 aromatic rings. The van der Waals surface area contributed by atoms with Crippen LogP contribution in [0.5, 0.6) is 0 Å². The van der Waals surface area contributed by atoms with Gasteiger partial charge in [-0.3, -0.25) is 4.79 Å². The number of fused-ring (bicyclic) bond motifs is 2. The molecule has 0 spiro atoms. The van der Waals surface area contributed by atoms with Gasteiger partial charge in [-0.2, -0.15) is 0 Å². The highest BCUT2D eigenvalue weighted by atomic mass is 35.5. The van der Waals surface area contributed by atoms with Crippen LogP contribution in [0.25, 0.3) is 0 Å². The summed E-state index contributed by atoms with van der Waals surface area (Å²) in [5.41, 5.74) is 0.939. The van der Waals surface area contributed by atoms with E-state index < -0.39 is 0 Å². The van der Waals surface area contributed by atoms with Crippen LogP contribution in [0.2, 0.25) is 0 Å². The molecule has 3 heterocycles. The number of nitrogens with zero attached hydrogens (tertiary/aromatic N) is 1. The Kier molecular flexibility index (Phi) is 5.97. The van der Waals surface area contributed by atoms with Crippen LogP contribution in [0, 0.1) is 11.7 Å². The first-order chi connectivity index (χ1) is 11.7. The van der Waals surface area contributed by atoms with Gasteiger partial charge >= 0.3 is 0 Å². The second-order valence-electron chi connectivity index (χ2n) is 7.43. The number of hydrogen-bond donors (Lipinski definition) is 1. The SMILES string of the molecule is Cl.O=C(CC1CC2CCC(C1)N2)N1CCOC(c2ccc(F)cc2)C1. The van der Waals surface area contributed by atoms with E-state index in [9.17, 15) is 9.18 Å². The Balaban J connectivity index is 0.00000182. The van der Waals surface area contributed by atoms with Crippen molar-refractivity contribution in [1.82, 2.24) is 10.2 Å². The number of nitrogens with one attached hydrogen (secondary N) is 1. The molecule has 4 rings (SSSR count). The van der Waals surface area contributed by atoms with Gasteiger partial charge in [0.2, 0.25) is 5.91 Å². The monoisotopic (exact) mass is 368 g/mol. The first-order valence-electron chi connectivity index (χ1n) is 9.08. The zero-order valence-corrected chi connectivity index (χ0v) is 15.1. The van der Waals surface area contributed by atoms with Crippen molar-refractivity contribution in [2.24, 2.45) is 5.92 Å². The Morgan fingerprint density at radius 3 is 2.56 bits per heavy atom. The molecule has 1 amide bonds. The van der Waals surface area contributed by atoms with E-state index >= 15 is 0 Å². The topological polar surface area (TPSA) is 41.6 Å². The van der Waals surface area contributed by atoms with E-state index in [0.717, 1.165) is 18.4 Å². The summed E-state index contributed by atoms with van der Waals surface area (Å²) in [5, 5.41) is 3.63. The predicted molar refractivity (Wildman–Crippen MR) is 96.2 cm³/mol. The van der Waals surface area contributed by atoms with Crippen molar-refractivity contribution in [3.05, 3.63) is 35.6 Å². The Bertz CT molecular complexity index is 586. The number of ether oxygens (including phenoxy) is 1. The van der Waals surface area contributed by atoms with E-state index in [1.807, 2.05) is 4.90 Å². The van der Waals surface area contributed by atoms with E-state index in [2.05, 4.69) is 5.32 Å². The Morgan fingerprint density at radius 2 is 1.88 bits per heavy atom. The highest BCUT2D eigenvalue weighted by molar-refractivity contribution is 5.85. The van der Waals surface area contributed by atoms with Gasteiger partial charge < -0.3 is 15.0 Å². The van der Waals surface area contributed by atoms with Crippen molar-refractivity contribution in [2.45, 2.75) is 50.3 Å². The number of halogens is 2. The molecule has 0 aromatic heterocycles. The van der Waals surface area contributed by atoms with Gasteiger partial charge in [0.1, 0.15) is 11.9 Å². The van der Waals surface area contributed by atoms with E-state index in [4.69, 9.17) is 4.74 Å². The maximum atomic E-state index is 13.1. The third-order valence-electron chi connectivity index (χ3n) is 5.69. The summed E-state index contributed by atoms with van der Waals surface area (Å²) in [5.74, 6) is 0.517. The standard InChI is InChI=1S/C19H25FN2O2.ClH/c20-15-3-1-14(2-4-15)18-12-22(7-8-24-18)19(23)11-13-9-16-5-6-17(10-13)21-16;/h1-4,13,16-18,21H,5-12H2;1H. The van der Waals surface area contributed by atoms with E-state index in [-0.39, 0.29) is 30.2 Å². The number of piperidine rings is 1. The van der Waals surface area contributed by atoms with Crippen molar-refractivity contribution in [3.63, 3.8) is 0 Å². The van der Waals surface area contributed by atoms with Crippen LogP contribution in [0.3, 0.4) is 0 Å². The van der Waals surface area contributed by atoms with Crippen LogP contribution < -0.4 is 5.32 Å².